The average molecular weight is 303 g/mol. The Morgan fingerprint density at radius 1 is 1.37 bits per heavy atom. The molecule has 0 spiro atoms. The fraction of sp³-hybridized carbons (Fsp3) is 0.500. The first-order valence-electron chi connectivity index (χ1n) is 6.25. The summed E-state index contributed by atoms with van der Waals surface area (Å²) in [7, 11) is 1.73. The first-order valence-corrected chi connectivity index (χ1v) is 7.01. The van der Waals surface area contributed by atoms with E-state index in [9.17, 15) is 4.79 Å². The Labute approximate surface area is 124 Å². The first-order chi connectivity index (χ1) is 8.81. The quantitative estimate of drug-likeness (QED) is 0.907. The van der Waals surface area contributed by atoms with E-state index in [4.69, 9.17) is 28.9 Å². The van der Waals surface area contributed by atoms with Gasteiger partial charge in [0.1, 0.15) is 0 Å². The number of carbonyl (C=O) groups is 1. The Morgan fingerprint density at radius 2 is 2.00 bits per heavy atom. The van der Waals surface area contributed by atoms with Crippen molar-refractivity contribution in [2.45, 2.75) is 32.9 Å². The zero-order valence-electron chi connectivity index (χ0n) is 11.5. The first kappa shape index (κ1) is 16.3. The molecular formula is C14H20Cl2N2O. The van der Waals surface area contributed by atoms with Crippen LogP contribution in [0.25, 0.3) is 0 Å². The van der Waals surface area contributed by atoms with Gasteiger partial charge in [-0.3, -0.25) is 4.79 Å². The van der Waals surface area contributed by atoms with E-state index in [0.29, 0.717) is 28.9 Å². The zero-order chi connectivity index (χ0) is 14.6. The third kappa shape index (κ3) is 5.01. The summed E-state index contributed by atoms with van der Waals surface area (Å²) in [6.07, 6.45) is 0.678. The molecular weight excluding hydrogens is 283 g/mol. The maximum atomic E-state index is 12.1. The van der Waals surface area contributed by atoms with Crippen molar-refractivity contribution in [3.05, 3.63) is 33.8 Å². The lowest BCUT2D eigenvalue weighted by Crippen LogP contribution is -2.42. The lowest BCUT2D eigenvalue weighted by Gasteiger charge is -2.22. The SMILES string of the molecule is CC(C)C[C@@H](N)C(=O)N(C)Cc1ccc(Cl)cc1Cl. The van der Waals surface area contributed by atoms with Gasteiger partial charge in [0, 0.05) is 23.6 Å². The Morgan fingerprint density at radius 3 is 2.53 bits per heavy atom. The van der Waals surface area contributed by atoms with Gasteiger partial charge in [0.25, 0.3) is 0 Å². The van der Waals surface area contributed by atoms with Gasteiger partial charge in [0.05, 0.1) is 6.04 Å². The van der Waals surface area contributed by atoms with Gasteiger partial charge in [0.15, 0.2) is 0 Å². The van der Waals surface area contributed by atoms with E-state index in [1.807, 2.05) is 19.9 Å². The van der Waals surface area contributed by atoms with E-state index in [1.165, 1.54) is 0 Å². The molecule has 0 aliphatic heterocycles. The lowest BCUT2D eigenvalue weighted by molar-refractivity contribution is -0.132. The highest BCUT2D eigenvalue weighted by Crippen LogP contribution is 2.22. The van der Waals surface area contributed by atoms with Crippen LogP contribution in [0, 0.1) is 5.92 Å². The van der Waals surface area contributed by atoms with Gasteiger partial charge in [0.2, 0.25) is 5.91 Å². The Balaban J connectivity index is 2.68. The normalized spacial score (nSPS) is 12.6. The molecule has 1 aromatic carbocycles. The van der Waals surface area contributed by atoms with Crippen LogP contribution in [0.3, 0.4) is 0 Å². The van der Waals surface area contributed by atoms with Crippen LogP contribution in [0.2, 0.25) is 10.0 Å². The van der Waals surface area contributed by atoms with Crippen molar-refractivity contribution >= 4 is 29.1 Å². The molecule has 0 heterocycles. The third-order valence-corrected chi connectivity index (χ3v) is 3.43. The summed E-state index contributed by atoms with van der Waals surface area (Å²) < 4.78 is 0. The molecule has 3 nitrogen and oxygen atoms in total. The van der Waals surface area contributed by atoms with Crippen LogP contribution in [0.15, 0.2) is 18.2 Å². The van der Waals surface area contributed by atoms with Gasteiger partial charge in [-0.2, -0.15) is 0 Å². The molecule has 19 heavy (non-hydrogen) atoms. The monoisotopic (exact) mass is 302 g/mol. The van der Waals surface area contributed by atoms with Gasteiger partial charge in [-0.15, -0.1) is 0 Å². The van der Waals surface area contributed by atoms with Crippen molar-refractivity contribution in [2.75, 3.05) is 7.05 Å². The number of hydrogen-bond acceptors (Lipinski definition) is 2. The summed E-state index contributed by atoms with van der Waals surface area (Å²) in [5, 5.41) is 1.14. The minimum Gasteiger partial charge on any atom is -0.340 e. The largest absolute Gasteiger partial charge is 0.340 e. The van der Waals surface area contributed by atoms with Crippen LogP contribution in [0.1, 0.15) is 25.8 Å². The highest BCUT2D eigenvalue weighted by Gasteiger charge is 2.19. The molecule has 0 radical (unpaired) electrons. The van der Waals surface area contributed by atoms with Gasteiger partial charge in [-0.05, 0) is 30.0 Å². The van der Waals surface area contributed by atoms with Gasteiger partial charge in [-0.25, -0.2) is 0 Å². The number of nitrogens with two attached hydrogens (primary N) is 1. The fourth-order valence-corrected chi connectivity index (χ4v) is 2.34. The molecule has 1 amide bonds. The van der Waals surface area contributed by atoms with E-state index in [-0.39, 0.29) is 5.91 Å². The van der Waals surface area contributed by atoms with Crippen molar-refractivity contribution < 1.29 is 4.79 Å². The molecule has 0 saturated carbocycles. The fourth-order valence-electron chi connectivity index (χ4n) is 1.88. The molecule has 1 aromatic rings. The van der Waals surface area contributed by atoms with E-state index in [1.54, 1.807) is 24.1 Å². The van der Waals surface area contributed by atoms with Crippen molar-refractivity contribution in [3.8, 4) is 0 Å². The average Bonchev–Trinajstić information content (AvgIpc) is 2.30. The summed E-state index contributed by atoms with van der Waals surface area (Å²) in [5.41, 5.74) is 6.75. The second-order valence-electron chi connectivity index (χ2n) is 5.17. The van der Waals surface area contributed by atoms with Gasteiger partial charge < -0.3 is 10.6 Å². The second-order valence-corrected chi connectivity index (χ2v) is 6.01. The summed E-state index contributed by atoms with van der Waals surface area (Å²) in [6, 6.07) is 4.79. The minimum atomic E-state index is -0.462. The molecule has 0 aliphatic rings. The maximum absolute atomic E-state index is 12.1. The minimum absolute atomic E-state index is 0.0697. The summed E-state index contributed by atoms with van der Waals surface area (Å²) in [5.74, 6) is 0.325. The topological polar surface area (TPSA) is 46.3 Å². The number of nitrogens with zero attached hydrogens (tertiary/aromatic N) is 1. The van der Waals surface area contributed by atoms with Crippen molar-refractivity contribution in [2.24, 2.45) is 11.7 Å². The van der Waals surface area contributed by atoms with Gasteiger partial charge >= 0.3 is 0 Å². The highest BCUT2D eigenvalue weighted by atomic mass is 35.5. The summed E-state index contributed by atoms with van der Waals surface area (Å²) in [6.45, 7) is 4.52. The zero-order valence-corrected chi connectivity index (χ0v) is 13.0. The number of hydrogen-bond donors (Lipinski definition) is 1. The van der Waals surface area contributed by atoms with Crippen LogP contribution in [-0.4, -0.2) is 23.9 Å². The van der Waals surface area contributed by atoms with Crippen LogP contribution in [0.4, 0.5) is 0 Å². The molecule has 0 bridgehead atoms. The van der Waals surface area contributed by atoms with Crippen LogP contribution < -0.4 is 5.73 Å². The Kier molecular flexibility index (Phi) is 6.11. The summed E-state index contributed by atoms with van der Waals surface area (Å²) >= 11 is 11.9. The molecule has 0 fully saturated rings. The Hall–Kier alpha value is -0.770. The number of likely N-dealkylation sites (N-methyl/N-ethyl adjacent to an activating group) is 1. The summed E-state index contributed by atoms with van der Waals surface area (Å²) in [4.78, 5) is 13.7. The Bertz CT molecular complexity index is 449. The molecule has 0 aliphatic carbocycles. The number of benzene rings is 1. The molecule has 5 heteroatoms. The molecule has 106 valence electrons. The van der Waals surface area contributed by atoms with E-state index in [0.717, 1.165) is 5.56 Å². The number of amides is 1. The molecule has 0 unspecified atom stereocenters. The van der Waals surface area contributed by atoms with E-state index < -0.39 is 6.04 Å². The number of carbonyl (C=O) groups excluding carboxylic acids is 1. The predicted molar refractivity (Wildman–Crippen MR) is 80.4 cm³/mol. The smallest absolute Gasteiger partial charge is 0.239 e. The number of rotatable bonds is 5. The lowest BCUT2D eigenvalue weighted by atomic mass is 10.0. The van der Waals surface area contributed by atoms with Crippen molar-refractivity contribution in [3.63, 3.8) is 0 Å². The van der Waals surface area contributed by atoms with E-state index >= 15 is 0 Å². The van der Waals surface area contributed by atoms with Gasteiger partial charge in [-0.1, -0.05) is 43.1 Å². The molecule has 0 saturated heterocycles. The van der Waals surface area contributed by atoms with Crippen LogP contribution in [0.5, 0.6) is 0 Å². The second kappa shape index (κ2) is 7.13. The molecule has 0 aromatic heterocycles. The predicted octanol–water partition coefficient (Wildman–Crippen LogP) is 3.33. The van der Waals surface area contributed by atoms with E-state index in [2.05, 4.69) is 0 Å². The highest BCUT2D eigenvalue weighted by molar-refractivity contribution is 6.35. The number of halogens is 2. The molecule has 1 atom stereocenters. The third-order valence-electron chi connectivity index (χ3n) is 2.84. The van der Waals surface area contributed by atoms with Crippen molar-refractivity contribution in [1.82, 2.24) is 4.90 Å². The molecule has 1 rings (SSSR count). The van der Waals surface area contributed by atoms with Crippen LogP contribution >= 0.6 is 23.2 Å². The standard InChI is InChI=1S/C14H20Cl2N2O/c1-9(2)6-13(17)14(19)18(3)8-10-4-5-11(15)7-12(10)16/h4-5,7,9,13H,6,8,17H2,1-3H3/t13-/m1/s1. The van der Waals surface area contributed by atoms with Crippen molar-refractivity contribution in [1.29, 1.82) is 0 Å². The molecule has 2 N–H and O–H groups in total. The van der Waals surface area contributed by atoms with Crippen LogP contribution in [-0.2, 0) is 11.3 Å². The maximum Gasteiger partial charge on any atom is 0.239 e.